The van der Waals surface area contributed by atoms with E-state index >= 15 is 0 Å². The van der Waals surface area contributed by atoms with Gasteiger partial charge in [-0.1, -0.05) is 19.8 Å². The highest BCUT2D eigenvalue weighted by molar-refractivity contribution is 7.89. The van der Waals surface area contributed by atoms with E-state index in [1.54, 1.807) is 0 Å². The monoisotopic (exact) mass is 327 g/mol. The molecule has 1 rings (SSSR count). The number of rotatable bonds is 8. The summed E-state index contributed by atoms with van der Waals surface area (Å²) in [5.74, 6) is 0.0879. The molecule has 120 valence electrons. The lowest BCUT2D eigenvalue weighted by Gasteiger charge is -2.18. The Kier molecular flexibility index (Phi) is 9.37. The van der Waals surface area contributed by atoms with Crippen molar-refractivity contribution in [3.05, 3.63) is 0 Å². The van der Waals surface area contributed by atoms with Gasteiger partial charge in [-0.25, -0.2) is 12.7 Å². The number of amides is 1. The lowest BCUT2D eigenvalue weighted by molar-refractivity contribution is -0.121. The molecule has 6 nitrogen and oxygen atoms in total. The van der Waals surface area contributed by atoms with Crippen LogP contribution in [0.3, 0.4) is 0 Å². The second kappa shape index (κ2) is 9.55. The van der Waals surface area contributed by atoms with Crippen LogP contribution in [-0.4, -0.2) is 50.1 Å². The maximum Gasteiger partial charge on any atom is 0.221 e. The molecule has 3 N–H and O–H groups in total. The molecule has 20 heavy (non-hydrogen) atoms. The highest BCUT2D eigenvalue weighted by Gasteiger charge is 2.28. The molecule has 1 amide bonds. The second-order valence-electron chi connectivity index (χ2n) is 4.96. The molecule has 0 aromatic rings. The number of nitrogens with zero attached hydrogens (tertiary/aromatic N) is 1. The summed E-state index contributed by atoms with van der Waals surface area (Å²) in [6.07, 6.45) is 3.84. The molecule has 1 saturated heterocycles. The van der Waals surface area contributed by atoms with Crippen molar-refractivity contribution in [2.45, 2.75) is 45.1 Å². The van der Waals surface area contributed by atoms with Gasteiger partial charge in [0.15, 0.2) is 0 Å². The number of nitrogens with one attached hydrogen (secondary N) is 1. The summed E-state index contributed by atoms with van der Waals surface area (Å²) in [7, 11) is -3.10. The van der Waals surface area contributed by atoms with Crippen LogP contribution in [0.15, 0.2) is 0 Å². The van der Waals surface area contributed by atoms with Gasteiger partial charge in [0, 0.05) is 32.1 Å². The summed E-state index contributed by atoms with van der Waals surface area (Å²) in [5, 5.41) is 2.87. The van der Waals surface area contributed by atoms with Crippen molar-refractivity contribution in [1.29, 1.82) is 0 Å². The van der Waals surface area contributed by atoms with Crippen LogP contribution in [0.1, 0.15) is 39.0 Å². The molecular formula is C12H26ClN3O3S. The van der Waals surface area contributed by atoms with Gasteiger partial charge in [0.05, 0.1) is 5.75 Å². The lowest BCUT2D eigenvalue weighted by atomic mass is 10.1. The number of hydrogen-bond donors (Lipinski definition) is 2. The summed E-state index contributed by atoms with van der Waals surface area (Å²) in [6.45, 7) is 3.33. The van der Waals surface area contributed by atoms with E-state index in [1.165, 1.54) is 4.31 Å². The van der Waals surface area contributed by atoms with E-state index in [9.17, 15) is 13.2 Å². The summed E-state index contributed by atoms with van der Waals surface area (Å²) in [5.41, 5.74) is 5.60. The Morgan fingerprint density at radius 1 is 1.45 bits per heavy atom. The first-order chi connectivity index (χ1) is 8.99. The first kappa shape index (κ1) is 19.6. The maximum absolute atomic E-state index is 11.8. The van der Waals surface area contributed by atoms with Gasteiger partial charge in [0.1, 0.15) is 0 Å². The molecule has 1 fully saturated rings. The predicted molar refractivity (Wildman–Crippen MR) is 82.4 cm³/mol. The highest BCUT2D eigenvalue weighted by Crippen LogP contribution is 2.13. The fourth-order valence-electron chi connectivity index (χ4n) is 2.17. The Labute approximate surface area is 127 Å². The van der Waals surface area contributed by atoms with Crippen molar-refractivity contribution < 1.29 is 13.2 Å². The third kappa shape index (κ3) is 6.39. The highest BCUT2D eigenvalue weighted by atomic mass is 35.5. The summed E-state index contributed by atoms with van der Waals surface area (Å²) >= 11 is 0. The molecule has 8 heteroatoms. The van der Waals surface area contributed by atoms with Gasteiger partial charge in [-0.2, -0.15) is 0 Å². The normalized spacial score (nSPS) is 19.3. The van der Waals surface area contributed by atoms with E-state index in [1.807, 2.05) is 0 Å². The van der Waals surface area contributed by atoms with Crippen molar-refractivity contribution >= 4 is 28.3 Å². The largest absolute Gasteiger partial charge is 0.352 e. The smallest absolute Gasteiger partial charge is 0.221 e. The van der Waals surface area contributed by atoms with E-state index in [2.05, 4.69) is 12.2 Å². The number of carbonyl (C=O) groups excluding carboxylic acids is 1. The molecule has 0 spiro atoms. The zero-order chi connectivity index (χ0) is 14.3. The van der Waals surface area contributed by atoms with Crippen LogP contribution in [0.2, 0.25) is 0 Å². The van der Waals surface area contributed by atoms with Gasteiger partial charge >= 0.3 is 0 Å². The minimum absolute atomic E-state index is 0. The first-order valence-electron chi connectivity index (χ1n) is 6.97. The van der Waals surface area contributed by atoms with Crippen molar-refractivity contribution in [1.82, 2.24) is 9.62 Å². The third-order valence-electron chi connectivity index (χ3n) is 3.35. The molecule has 1 heterocycles. The molecule has 1 aliphatic rings. The van der Waals surface area contributed by atoms with Gasteiger partial charge in [-0.05, 0) is 12.8 Å². The molecule has 0 aliphatic carbocycles. The fourth-order valence-corrected chi connectivity index (χ4v) is 3.70. The van der Waals surface area contributed by atoms with Gasteiger partial charge in [-0.3, -0.25) is 4.79 Å². The second-order valence-corrected chi connectivity index (χ2v) is 7.05. The average Bonchev–Trinajstić information content (AvgIpc) is 2.71. The van der Waals surface area contributed by atoms with E-state index in [0.717, 1.165) is 19.3 Å². The standard InChI is InChI=1S/C12H25N3O3S.ClH/c1-2-3-5-11(10-13)14-12(16)6-8-15-7-4-9-19(15,17)18;/h11H,2-10,13H2,1H3,(H,14,16);1H. The van der Waals surface area contributed by atoms with E-state index in [4.69, 9.17) is 5.73 Å². The Morgan fingerprint density at radius 3 is 2.65 bits per heavy atom. The fraction of sp³-hybridized carbons (Fsp3) is 0.917. The zero-order valence-electron chi connectivity index (χ0n) is 12.0. The molecule has 0 aromatic carbocycles. The molecule has 0 bridgehead atoms. The molecule has 1 unspecified atom stereocenters. The number of nitrogens with two attached hydrogens (primary N) is 1. The minimum atomic E-state index is -3.10. The first-order valence-corrected chi connectivity index (χ1v) is 8.57. The van der Waals surface area contributed by atoms with Gasteiger partial charge < -0.3 is 11.1 Å². The van der Waals surface area contributed by atoms with Gasteiger partial charge in [0.25, 0.3) is 0 Å². The Hall–Kier alpha value is -0.370. The van der Waals surface area contributed by atoms with Crippen molar-refractivity contribution in [2.24, 2.45) is 5.73 Å². The van der Waals surface area contributed by atoms with E-state index in [0.29, 0.717) is 19.5 Å². The van der Waals surface area contributed by atoms with Gasteiger partial charge in [0.2, 0.25) is 15.9 Å². The van der Waals surface area contributed by atoms with E-state index in [-0.39, 0.29) is 43.1 Å². The maximum atomic E-state index is 11.8. The third-order valence-corrected chi connectivity index (χ3v) is 5.30. The quantitative estimate of drug-likeness (QED) is 0.677. The van der Waals surface area contributed by atoms with Crippen LogP contribution in [0.25, 0.3) is 0 Å². The van der Waals surface area contributed by atoms with E-state index < -0.39 is 10.0 Å². The Bertz CT molecular complexity index is 389. The topological polar surface area (TPSA) is 92.5 Å². The zero-order valence-corrected chi connectivity index (χ0v) is 13.6. The van der Waals surface area contributed by atoms with Crippen molar-refractivity contribution in [3.8, 4) is 0 Å². The number of halogens is 1. The molecular weight excluding hydrogens is 302 g/mol. The van der Waals surface area contributed by atoms with Gasteiger partial charge in [-0.15, -0.1) is 12.4 Å². The lowest BCUT2D eigenvalue weighted by Crippen LogP contribution is -2.41. The Balaban J connectivity index is 0.00000361. The minimum Gasteiger partial charge on any atom is -0.352 e. The average molecular weight is 328 g/mol. The number of carbonyl (C=O) groups is 1. The molecule has 0 saturated carbocycles. The molecule has 1 aliphatic heterocycles. The SMILES string of the molecule is CCCCC(CN)NC(=O)CCN1CCCS1(=O)=O.Cl. The molecule has 0 aromatic heterocycles. The van der Waals surface area contributed by atoms with Crippen LogP contribution in [-0.2, 0) is 14.8 Å². The Morgan fingerprint density at radius 2 is 2.15 bits per heavy atom. The number of unbranched alkanes of at least 4 members (excludes halogenated alkanes) is 1. The van der Waals surface area contributed by atoms with Crippen LogP contribution < -0.4 is 11.1 Å². The van der Waals surface area contributed by atoms with Crippen LogP contribution >= 0.6 is 12.4 Å². The van der Waals surface area contributed by atoms with Crippen molar-refractivity contribution in [2.75, 3.05) is 25.4 Å². The number of hydrogen-bond acceptors (Lipinski definition) is 4. The molecule has 0 radical (unpaired) electrons. The van der Waals surface area contributed by atoms with Crippen LogP contribution in [0.4, 0.5) is 0 Å². The summed E-state index contributed by atoms with van der Waals surface area (Å²) in [4.78, 5) is 11.8. The van der Waals surface area contributed by atoms with Crippen LogP contribution in [0.5, 0.6) is 0 Å². The predicted octanol–water partition coefficient (Wildman–Crippen LogP) is 0.468. The number of sulfonamides is 1. The summed E-state index contributed by atoms with van der Waals surface area (Å²) < 4.78 is 24.5. The summed E-state index contributed by atoms with van der Waals surface area (Å²) in [6, 6.07) is 0.00244. The molecule has 1 atom stereocenters. The van der Waals surface area contributed by atoms with Crippen LogP contribution in [0, 0.1) is 0 Å². The van der Waals surface area contributed by atoms with Crippen molar-refractivity contribution in [3.63, 3.8) is 0 Å².